The fraction of sp³-hybridized carbons (Fsp3) is 0.505. The number of carbonyl (C=O) groups excluding carboxylic acids is 8. The number of benzene rings is 6. The van der Waals surface area contributed by atoms with Crippen molar-refractivity contribution in [3.8, 4) is 0 Å². The summed E-state index contributed by atoms with van der Waals surface area (Å²) in [6.45, 7) is 21.9. The predicted molar refractivity (Wildman–Crippen MR) is 418 cm³/mol. The summed E-state index contributed by atoms with van der Waals surface area (Å²) in [6.07, 6.45) is -12.6. The summed E-state index contributed by atoms with van der Waals surface area (Å²) in [7, 11) is 0. The lowest BCUT2D eigenvalue weighted by atomic mass is 9.33. The third-order valence-corrected chi connectivity index (χ3v) is 26.8. The molecule has 22 nitrogen and oxygen atoms in total. The molecule has 0 spiro atoms. The maximum Gasteiger partial charge on any atom is 0.338 e. The standard InChI is InChI=1S/C93H106O22/c1-55-71(106-57(3)94)75(114-86-78(113-83(100)64-40-28-17-29-41-64)74(112-82(99)63-38-26-16-27-39-63)72(56(2)105-86)110-80(97)61-34-22-14-23-35-61)77(107-58(4)95)85(104-55)115-76-73(111-81(98)62-36-24-15-25-37-62)67(108-79(96)60-32-20-13-21-33-60)54-102-84(76)109-70-45-46-90(9)68(89(70,7)8)44-47-92(11)69(90)43-42-65-66-52-88(5,6)48-50-93(66,51-49-91(65,92)10)87(101)103-53-59-30-18-12-19-31-59/h12-42,55-56,66-78,84-86H,43-54H2,1-11H3/t55-,56-,66-,67+,68-,69+,70-,71-,72-,73-,74+,75+,76+,77+,78+,84-,85-,86-,90-,91+,92+,93-/m0/s1. The van der Waals surface area contributed by atoms with E-state index in [1.54, 1.807) is 122 Å². The molecule has 3 aliphatic heterocycles. The molecular weight excluding hydrogens is 1470 g/mol. The van der Waals surface area contributed by atoms with E-state index in [0.29, 0.717) is 6.42 Å². The van der Waals surface area contributed by atoms with E-state index < -0.39 is 145 Å². The van der Waals surface area contributed by atoms with Crippen molar-refractivity contribution in [1.29, 1.82) is 0 Å². The minimum Gasteiger partial charge on any atom is -0.460 e. The van der Waals surface area contributed by atoms with Crippen molar-refractivity contribution in [3.63, 3.8) is 0 Å². The van der Waals surface area contributed by atoms with Crippen LogP contribution in [0.5, 0.6) is 0 Å². The molecule has 22 heteroatoms. The Balaban J connectivity index is 0.817. The van der Waals surface area contributed by atoms with Crippen molar-refractivity contribution in [2.75, 3.05) is 6.61 Å². The van der Waals surface area contributed by atoms with Crippen molar-refractivity contribution in [3.05, 3.63) is 227 Å². The summed E-state index contributed by atoms with van der Waals surface area (Å²) in [5.41, 5.74) is 1.16. The van der Waals surface area contributed by atoms with E-state index in [9.17, 15) is 38.4 Å². The number of hydrogen-bond acceptors (Lipinski definition) is 22. The van der Waals surface area contributed by atoms with E-state index in [1.807, 2.05) is 30.3 Å². The van der Waals surface area contributed by atoms with Gasteiger partial charge in [-0.1, -0.05) is 181 Å². The van der Waals surface area contributed by atoms with Gasteiger partial charge in [-0.25, -0.2) is 24.0 Å². The molecule has 22 atom stereocenters. The number of fused-ring (bicyclic) bond motifs is 7. The van der Waals surface area contributed by atoms with Gasteiger partial charge < -0.3 is 66.3 Å². The maximum absolute atomic E-state index is 14.9. The molecule has 4 saturated carbocycles. The topological polar surface area (TPSA) is 266 Å². The van der Waals surface area contributed by atoms with E-state index in [2.05, 4.69) is 54.5 Å². The van der Waals surface area contributed by atoms with Crippen LogP contribution in [0.1, 0.15) is 198 Å². The van der Waals surface area contributed by atoms with E-state index in [-0.39, 0.29) is 86.4 Å². The van der Waals surface area contributed by atoms with Gasteiger partial charge in [0.2, 0.25) is 0 Å². The summed E-state index contributed by atoms with van der Waals surface area (Å²) in [4.78, 5) is 115. The van der Waals surface area contributed by atoms with E-state index in [4.69, 9.17) is 66.3 Å². The number of esters is 8. The van der Waals surface area contributed by atoms with Crippen molar-refractivity contribution in [2.24, 2.45) is 50.2 Å². The van der Waals surface area contributed by atoms with Crippen molar-refractivity contribution in [1.82, 2.24) is 0 Å². The second-order valence-corrected chi connectivity index (χ2v) is 34.6. The Morgan fingerprint density at radius 1 is 0.417 bits per heavy atom. The normalized spacial score (nSPS) is 34.3. The molecule has 3 heterocycles. The molecule has 0 unspecified atom stereocenters. The largest absolute Gasteiger partial charge is 0.460 e. The van der Waals surface area contributed by atoms with Gasteiger partial charge in [0, 0.05) is 13.8 Å². The molecular formula is C93H106O22. The zero-order valence-corrected chi connectivity index (χ0v) is 67.3. The molecule has 5 aliphatic carbocycles. The molecule has 14 rings (SSSR count). The van der Waals surface area contributed by atoms with Crippen LogP contribution in [0.4, 0.5) is 0 Å². The van der Waals surface area contributed by atoms with Crippen LogP contribution in [0, 0.1) is 50.2 Å². The minimum absolute atomic E-state index is 0.0238. The molecule has 0 bridgehead atoms. The van der Waals surface area contributed by atoms with Gasteiger partial charge in [0.25, 0.3) is 0 Å². The molecule has 0 radical (unpaired) electrons. The average Bonchev–Trinajstić information content (AvgIpc) is 0.674. The lowest BCUT2D eigenvalue weighted by Crippen LogP contribution is -2.68. The van der Waals surface area contributed by atoms with Crippen LogP contribution in [-0.4, -0.2) is 146 Å². The van der Waals surface area contributed by atoms with Crippen LogP contribution < -0.4 is 0 Å². The Bertz CT molecular complexity index is 4500. The number of carbonyl (C=O) groups is 8. The fourth-order valence-electron chi connectivity index (χ4n) is 20.7. The third kappa shape index (κ3) is 16.6. The van der Waals surface area contributed by atoms with Gasteiger partial charge in [0.1, 0.15) is 12.7 Å². The van der Waals surface area contributed by atoms with E-state index in [0.717, 1.165) is 77.2 Å². The number of ether oxygens (including phenoxy) is 14. The third-order valence-electron chi connectivity index (χ3n) is 26.8. The number of allylic oxidation sites excluding steroid dienone is 2. The number of hydrogen-bond donors (Lipinski definition) is 0. The molecule has 115 heavy (non-hydrogen) atoms. The summed E-state index contributed by atoms with van der Waals surface area (Å²) < 4.78 is 93.1. The SMILES string of the molecule is CC(=O)O[C@@H]1[C@@H](O[C@@H]2O[C@@H](C)[C@H](OC(=O)c3ccccc3)[C@@H](OC(=O)c3ccccc3)[C@H]2OC(=O)c2ccccc2)[C@@H](OC(C)=O)[C@H](O[C@H]2[C@H](O[C@H]3CC[C@]4(C)[C@H]5CC=C6[C@@H]7CC(C)(C)CC[C@]7(C(=O)OCc7ccccc7)CC[C@@]6(C)[C@]5(C)CC[C@H]4C3(C)C)OC[C@@H](OC(=O)c3ccccc3)[C@@H]2OC(=O)c2ccccc2)O[C@H]1C. The van der Waals surface area contributed by atoms with Gasteiger partial charge in [-0.05, 0) is 189 Å². The summed E-state index contributed by atoms with van der Waals surface area (Å²) >= 11 is 0. The molecule has 0 amide bonds. The second-order valence-electron chi connectivity index (χ2n) is 34.6. The van der Waals surface area contributed by atoms with Crippen LogP contribution in [-0.2, 0) is 87.3 Å². The first-order valence-electron chi connectivity index (χ1n) is 40.5. The van der Waals surface area contributed by atoms with Crippen LogP contribution in [0.25, 0.3) is 0 Å². The van der Waals surface area contributed by atoms with Gasteiger partial charge >= 0.3 is 47.8 Å². The molecule has 0 aromatic heterocycles. The predicted octanol–water partition coefficient (Wildman–Crippen LogP) is 15.5. The molecule has 0 N–H and O–H groups in total. The smallest absolute Gasteiger partial charge is 0.338 e. The van der Waals surface area contributed by atoms with Crippen LogP contribution in [0.3, 0.4) is 0 Å². The van der Waals surface area contributed by atoms with Crippen LogP contribution in [0.15, 0.2) is 194 Å². The van der Waals surface area contributed by atoms with Gasteiger partial charge in [0.15, 0.2) is 67.7 Å². The second kappa shape index (κ2) is 33.7. The van der Waals surface area contributed by atoms with Gasteiger partial charge in [-0.2, -0.15) is 0 Å². The highest BCUT2D eigenvalue weighted by molar-refractivity contribution is 5.92. The summed E-state index contributed by atoms with van der Waals surface area (Å²) in [6, 6.07) is 50.3. The first-order valence-corrected chi connectivity index (χ1v) is 40.5. The molecule has 6 aromatic rings. The maximum atomic E-state index is 14.9. The van der Waals surface area contributed by atoms with Gasteiger partial charge in [-0.3, -0.25) is 14.4 Å². The Labute approximate surface area is 672 Å². The van der Waals surface area contributed by atoms with Crippen LogP contribution >= 0.6 is 0 Å². The highest BCUT2D eigenvalue weighted by Crippen LogP contribution is 2.76. The highest BCUT2D eigenvalue weighted by atomic mass is 16.8. The van der Waals surface area contributed by atoms with Crippen molar-refractivity contribution >= 4 is 47.8 Å². The zero-order chi connectivity index (χ0) is 81.4. The van der Waals surface area contributed by atoms with Gasteiger partial charge in [-0.15, -0.1) is 0 Å². The van der Waals surface area contributed by atoms with E-state index >= 15 is 0 Å². The lowest BCUT2D eigenvalue weighted by Gasteiger charge is -2.71. The van der Waals surface area contributed by atoms with Gasteiger partial charge in [0.05, 0.1) is 58.2 Å². The average molecular weight is 1580 g/mol. The Kier molecular flexibility index (Phi) is 24.0. The fourth-order valence-corrected chi connectivity index (χ4v) is 20.7. The Morgan fingerprint density at radius 2 is 0.852 bits per heavy atom. The first kappa shape index (κ1) is 82.1. The zero-order valence-electron chi connectivity index (χ0n) is 67.3. The van der Waals surface area contributed by atoms with Crippen molar-refractivity contribution in [2.45, 2.75) is 239 Å². The lowest BCUT2D eigenvalue weighted by molar-refractivity contribution is -0.380. The Morgan fingerprint density at radius 3 is 1.37 bits per heavy atom. The quantitative estimate of drug-likeness (QED) is 0.0280. The minimum atomic E-state index is -1.88. The molecule has 610 valence electrons. The van der Waals surface area contributed by atoms with Crippen molar-refractivity contribution < 1.29 is 105 Å². The summed E-state index contributed by atoms with van der Waals surface area (Å²) in [5.74, 6) is -5.82. The Hall–Kier alpha value is -9.42. The number of rotatable bonds is 21. The highest BCUT2D eigenvalue weighted by Gasteiger charge is 2.70. The van der Waals surface area contributed by atoms with E-state index in [1.165, 1.54) is 48.9 Å². The molecule has 8 aliphatic rings. The monoisotopic (exact) mass is 1570 g/mol. The van der Waals surface area contributed by atoms with Crippen LogP contribution in [0.2, 0.25) is 0 Å². The molecule has 3 saturated heterocycles. The first-order chi connectivity index (χ1) is 55.0. The molecule has 7 fully saturated rings. The molecule has 6 aromatic carbocycles. The summed E-state index contributed by atoms with van der Waals surface area (Å²) in [5, 5.41) is 0.